The molecule has 2 N–H and O–H groups in total. The molecule has 0 aliphatic carbocycles. The number of nitrogens with two attached hydrogens (primary N) is 1. The Hall–Kier alpha value is -1.33. The fourth-order valence-corrected chi connectivity index (χ4v) is 2.54. The van der Waals surface area contributed by atoms with Crippen molar-refractivity contribution in [2.24, 2.45) is 12.8 Å². The molecule has 0 saturated heterocycles. The molecule has 1 heterocycles. The maximum atomic E-state index is 6.20. The van der Waals surface area contributed by atoms with E-state index < -0.39 is 0 Å². The van der Waals surface area contributed by atoms with Crippen molar-refractivity contribution in [2.45, 2.75) is 25.0 Å². The van der Waals surface area contributed by atoms with Crippen LogP contribution in [0, 0.1) is 13.8 Å². The van der Waals surface area contributed by atoms with E-state index in [9.17, 15) is 0 Å². The van der Waals surface area contributed by atoms with Gasteiger partial charge in [-0.1, -0.05) is 30.0 Å². The van der Waals surface area contributed by atoms with Crippen LogP contribution in [-0.2, 0) is 7.05 Å². The van der Waals surface area contributed by atoms with Gasteiger partial charge in [0.15, 0.2) is 5.16 Å². The van der Waals surface area contributed by atoms with Crippen LogP contribution in [-0.4, -0.2) is 20.5 Å². The Morgan fingerprint density at radius 2 is 2.11 bits per heavy atom. The van der Waals surface area contributed by atoms with E-state index in [2.05, 4.69) is 42.2 Å². The van der Waals surface area contributed by atoms with Crippen LogP contribution >= 0.6 is 11.8 Å². The van der Waals surface area contributed by atoms with Crippen LogP contribution in [0.1, 0.15) is 22.7 Å². The van der Waals surface area contributed by atoms with Crippen molar-refractivity contribution >= 4 is 11.8 Å². The topological polar surface area (TPSA) is 56.7 Å². The van der Waals surface area contributed by atoms with Gasteiger partial charge in [-0.05, 0) is 30.5 Å². The van der Waals surface area contributed by atoms with Gasteiger partial charge in [-0.2, -0.15) is 0 Å². The van der Waals surface area contributed by atoms with E-state index in [1.165, 1.54) is 16.7 Å². The minimum Gasteiger partial charge on any atom is -0.323 e. The molecule has 0 radical (unpaired) electrons. The molecule has 1 aromatic carbocycles. The predicted octanol–water partition coefficient (Wildman–Crippen LogP) is 2.22. The van der Waals surface area contributed by atoms with Crippen molar-refractivity contribution in [3.8, 4) is 0 Å². The van der Waals surface area contributed by atoms with Crippen molar-refractivity contribution in [2.75, 3.05) is 5.75 Å². The Morgan fingerprint density at radius 1 is 1.33 bits per heavy atom. The second kappa shape index (κ2) is 5.54. The van der Waals surface area contributed by atoms with Crippen molar-refractivity contribution < 1.29 is 0 Å². The molecule has 0 bridgehead atoms. The zero-order valence-corrected chi connectivity index (χ0v) is 11.7. The van der Waals surface area contributed by atoms with Crippen molar-refractivity contribution in [1.82, 2.24) is 14.8 Å². The summed E-state index contributed by atoms with van der Waals surface area (Å²) in [5.74, 6) is 0.801. The van der Waals surface area contributed by atoms with Gasteiger partial charge in [-0.3, -0.25) is 0 Å². The molecule has 2 aromatic rings. The largest absolute Gasteiger partial charge is 0.323 e. The first-order chi connectivity index (χ1) is 8.58. The van der Waals surface area contributed by atoms with E-state index in [1.807, 2.05) is 11.6 Å². The molecular formula is C13H18N4S. The van der Waals surface area contributed by atoms with Gasteiger partial charge >= 0.3 is 0 Å². The molecule has 1 aromatic heterocycles. The van der Waals surface area contributed by atoms with Gasteiger partial charge < -0.3 is 10.3 Å². The molecule has 0 fully saturated rings. The highest BCUT2D eigenvalue weighted by Gasteiger charge is 2.10. The van der Waals surface area contributed by atoms with Gasteiger partial charge in [-0.25, -0.2) is 0 Å². The molecule has 0 saturated carbocycles. The summed E-state index contributed by atoms with van der Waals surface area (Å²) in [4.78, 5) is 0. The summed E-state index contributed by atoms with van der Waals surface area (Å²) in [7, 11) is 1.93. The Balaban J connectivity index is 2.01. The molecule has 0 amide bonds. The summed E-state index contributed by atoms with van der Waals surface area (Å²) in [5, 5.41) is 8.78. The maximum Gasteiger partial charge on any atom is 0.190 e. The zero-order valence-electron chi connectivity index (χ0n) is 10.9. The number of aromatic nitrogens is 3. The summed E-state index contributed by atoms with van der Waals surface area (Å²) in [5.41, 5.74) is 9.96. The quantitative estimate of drug-likeness (QED) is 0.858. The number of rotatable bonds is 4. The summed E-state index contributed by atoms with van der Waals surface area (Å²) >= 11 is 1.63. The molecule has 1 unspecified atom stereocenters. The lowest BCUT2D eigenvalue weighted by Crippen LogP contribution is -2.13. The molecule has 0 spiro atoms. The first-order valence-electron chi connectivity index (χ1n) is 5.87. The van der Waals surface area contributed by atoms with Crippen molar-refractivity contribution in [1.29, 1.82) is 0 Å². The molecule has 0 aliphatic rings. The third-order valence-corrected chi connectivity index (χ3v) is 4.17. The van der Waals surface area contributed by atoms with Crippen LogP contribution in [0.5, 0.6) is 0 Å². The number of benzene rings is 1. The van der Waals surface area contributed by atoms with Gasteiger partial charge in [0.05, 0.1) is 0 Å². The fraction of sp³-hybridized carbons (Fsp3) is 0.385. The maximum absolute atomic E-state index is 6.20. The number of nitrogens with zero attached hydrogens (tertiary/aromatic N) is 3. The minimum absolute atomic E-state index is 0.0194. The Kier molecular flexibility index (Phi) is 4.04. The standard InChI is InChI=1S/C13H18N4S/c1-9-4-5-11(6-10(9)2)12(14)7-18-13-16-15-8-17(13)3/h4-6,8,12H,7,14H2,1-3H3. The average Bonchev–Trinajstić information content (AvgIpc) is 2.75. The van der Waals surface area contributed by atoms with Gasteiger partial charge in [0.2, 0.25) is 0 Å². The van der Waals surface area contributed by atoms with Crippen LogP contribution in [0.15, 0.2) is 29.7 Å². The molecule has 5 heteroatoms. The second-order valence-corrected chi connectivity index (χ2v) is 5.47. The first-order valence-corrected chi connectivity index (χ1v) is 6.86. The van der Waals surface area contributed by atoms with Gasteiger partial charge in [0, 0.05) is 18.8 Å². The van der Waals surface area contributed by atoms with E-state index >= 15 is 0 Å². The zero-order chi connectivity index (χ0) is 13.1. The minimum atomic E-state index is 0.0194. The molecule has 18 heavy (non-hydrogen) atoms. The smallest absolute Gasteiger partial charge is 0.190 e. The number of aryl methyl sites for hydroxylation is 3. The third kappa shape index (κ3) is 2.91. The summed E-state index contributed by atoms with van der Waals surface area (Å²) in [6, 6.07) is 6.41. The van der Waals surface area contributed by atoms with E-state index in [0.29, 0.717) is 0 Å². The Labute approximate surface area is 112 Å². The highest BCUT2D eigenvalue weighted by Crippen LogP contribution is 2.22. The lowest BCUT2D eigenvalue weighted by atomic mass is 10.0. The lowest BCUT2D eigenvalue weighted by Gasteiger charge is -2.13. The highest BCUT2D eigenvalue weighted by molar-refractivity contribution is 7.99. The van der Waals surface area contributed by atoms with Crippen LogP contribution in [0.25, 0.3) is 0 Å². The van der Waals surface area contributed by atoms with E-state index in [0.717, 1.165) is 10.9 Å². The summed E-state index contributed by atoms with van der Waals surface area (Å²) < 4.78 is 1.90. The average molecular weight is 262 g/mol. The molecule has 96 valence electrons. The number of hydrogen-bond acceptors (Lipinski definition) is 4. The summed E-state index contributed by atoms with van der Waals surface area (Å²) in [6.07, 6.45) is 1.70. The van der Waals surface area contributed by atoms with E-state index in [1.54, 1.807) is 18.1 Å². The lowest BCUT2D eigenvalue weighted by molar-refractivity contribution is 0.777. The molecular weight excluding hydrogens is 244 g/mol. The van der Waals surface area contributed by atoms with Crippen molar-refractivity contribution in [3.63, 3.8) is 0 Å². The van der Waals surface area contributed by atoms with E-state index in [4.69, 9.17) is 5.73 Å². The second-order valence-electron chi connectivity index (χ2n) is 4.49. The fourth-order valence-electron chi connectivity index (χ4n) is 1.66. The van der Waals surface area contributed by atoms with E-state index in [-0.39, 0.29) is 6.04 Å². The molecule has 2 rings (SSSR count). The molecule has 0 aliphatic heterocycles. The summed E-state index contributed by atoms with van der Waals surface area (Å²) in [6.45, 7) is 4.22. The highest BCUT2D eigenvalue weighted by atomic mass is 32.2. The van der Waals surface area contributed by atoms with Gasteiger partial charge in [-0.15, -0.1) is 10.2 Å². The van der Waals surface area contributed by atoms with Gasteiger partial charge in [0.1, 0.15) is 6.33 Å². The number of hydrogen-bond donors (Lipinski definition) is 1. The SMILES string of the molecule is Cc1ccc(C(N)CSc2nncn2C)cc1C. The van der Waals surface area contributed by atoms with Crippen LogP contribution < -0.4 is 5.73 Å². The van der Waals surface area contributed by atoms with Crippen LogP contribution in [0.4, 0.5) is 0 Å². The van der Waals surface area contributed by atoms with Crippen molar-refractivity contribution in [3.05, 3.63) is 41.2 Å². The Morgan fingerprint density at radius 3 is 2.72 bits per heavy atom. The first kappa shape index (κ1) is 13.1. The predicted molar refractivity (Wildman–Crippen MR) is 74.6 cm³/mol. The monoisotopic (exact) mass is 262 g/mol. The van der Waals surface area contributed by atoms with Gasteiger partial charge in [0.25, 0.3) is 0 Å². The normalized spacial score (nSPS) is 12.7. The van der Waals surface area contributed by atoms with Crippen LogP contribution in [0.2, 0.25) is 0 Å². The third-order valence-electron chi connectivity index (χ3n) is 3.02. The molecule has 1 atom stereocenters. The number of thioether (sulfide) groups is 1. The Bertz CT molecular complexity index is 536. The molecule has 4 nitrogen and oxygen atoms in total. The van der Waals surface area contributed by atoms with Crippen LogP contribution in [0.3, 0.4) is 0 Å².